The molecule has 3 heteroatoms. The van der Waals surface area contributed by atoms with Crippen LogP contribution in [0.2, 0.25) is 0 Å². The minimum absolute atomic E-state index is 0.144. The molecule has 0 atom stereocenters. The standard InChI is InChI=1S/C12H7NO2/c13-7-10-6-9(12(14)15)5-8-3-1-2-4-11(8)10/h1-6H,(H,14,15). The average Bonchev–Trinajstić information content (AvgIpc) is 2.27. The van der Waals surface area contributed by atoms with Crippen molar-refractivity contribution in [2.45, 2.75) is 0 Å². The second-order valence-electron chi connectivity index (χ2n) is 3.16. The first kappa shape index (κ1) is 9.22. The molecular formula is C12H7NO2. The quantitative estimate of drug-likeness (QED) is 0.763. The van der Waals surface area contributed by atoms with Crippen molar-refractivity contribution in [2.75, 3.05) is 0 Å². The van der Waals surface area contributed by atoms with E-state index in [2.05, 4.69) is 0 Å². The smallest absolute Gasteiger partial charge is 0.335 e. The maximum atomic E-state index is 10.8. The van der Waals surface area contributed by atoms with Gasteiger partial charge in [0, 0.05) is 0 Å². The predicted molar refractivity (Wildman–Crippen MR) is 55.6 cm³/mol. The maximum Gasteiger partial charge on any atom is 0.335 e. The lowest BCUT2D eigenvalue weighted by Gasteiger charge is -2.01. The van der Waals surface area contributed by atoms with E-state index in [4.69, 9.17) is 10.4 Å². The number of aromatic carboxylic acids is 1. The fourth-order valence-corrected chi connectivity index (χ4v) is 1.53. The molecule has 2 rings (SSSR count). The molecule has 0 aromatic heterocycles. The molecule has 2 aromatic rings. The molecule has 0 heterocycles. The molecular weight excluding hydrogens is 190 g/mol. The van der Waals surface area contributed by atoms with Gasteiger partial charge < -0.3 is 5.11 Å². The van der Waals surface area contributed by atoms with Gasteiger partial charge >= 0.3 is 5.97 Å². The number of fused-ring (bicyclic) bond motifs is 1. The van der Waals surface area contributed by atoms with E-state index in [0.717, 1.165) is 10.8 Å². The number of hydrogen-bond acceptors (Lipinski definition) is 2. The van der Waals surface area contributed by atoms with Crippen molar-refractivity contribution in [3.8, 4) is 6.07 Å². The second kappa shape index (κ2) is 3.43. The van der Waals surface area contributed by atoms with Gasteiger partial charge in [-0.1, -0.05) is 24.3 Å². The molecule has 72 valence electrons. The highest BCUT2D eigenvalue weighted by Gasteiger charge is 2.07. The van der Waals surface area contributed by atoms with Gasteiger partial charge in [-0.05, 0) is 22.9 Å². The molecule has 3 nitrogen and oxygen atoms in total. The van der Waals surface area contributed by atoms with Gasteiger partial charge in [-0.25, -0.2) is 4.79 Å². The predicted octanol–water partition coefficient (Wildman–Crippen LogP) is 2.41. The summed E-state index contributed by atoms with van der Waals surface area (Å²) in [6, 6.07) is 12.2. The van der Waals surface area contributed by atoms with Gasteiger partial charge in [-0.15, -0.1) is 0 Å². The molecule has 0 aliphatic heterocycles. The Balaban J connectivity index is 2.84. The highest BCUT2D eigenvalue weighted by Crippen LogP contribution is 2.20. The van der Waals surface area contributed by atoms with Crippen LogP contribution < -0.4 is 0 Å². The van der Waals surface area contributed by atoms with Crippen LogP contribution in [-0.2, 0) is 0 Å². The summed E-state index contributed by atoms with van der Waals surface area (Å²) in [5, 5.41) is 19.3. The SMILES string of the molecule is N#Cc1cc(C(=O)O)cc2ccccc12. The van der Waals surface area contributed by atoms with E-state index in [1.54, 1.807) is 18.2 Å². The molecule has 0 spiro atoms. The number of carbonyl (C=O) groups is 1. The van der Waals surface area contributed by atoms with Crippen LogP contribution in [0, 0.1) is 11.3 Å². The van der Waals surface area contributed by atoms with Crippen LogP contribution in [-0.4, -0.2) is 11.1 Å². The van der Waals surface area contributed by atoms with E-state index < -0.39 is 5.97 Å². The van der Waals surface area contributed by atoms with Crippen molar-refractivity contribution in [3.05, 3.63) is 47.5 Å². The maximum absolute atomic E-state index is 10.8. The summed E-state index contributed by atoms with van der Waals surface area (Å²) in [7, 11) is 0. The highest BCUT2D eigenvalue weighted by atomic mass is 16.4. The molecule has 0 unspecified atom stereocenters. The van der Waals surface area contributed by atoms with Gasteiger partial charge in [-0.2, -0.15) is 5.26 Å². The van der Waals surface area contributed by atoms with Crippen molar-refractivity contribution in [3.63, 3.8) is 0 Å². The summed E-state index contributed by atoms with van der Waals surface area (Å²) in [6.45, 7) is 0. The molecule has 0 fully saturated rings. The van der Waals surface area contributed by atoms with Crippen LogP contribution in [0.4, 0.5) is 0 Å². The minimum atomic E-state index is -1.02. The van der Waals surface area contributed by atoms with Crippen LogP contribution in [0.5, 0.6) is 0 Å². The van der Waals surface area contributed by atoms with Crippen LogP contribution >= 0.6 is 0 Å². The number of carboxylic acid groups (broad SMARTS) is 1. The largest absolute Gasteiger partial charge is 0.478 e. The Morgan fingerprint density at radius 2 is 2.00 bits per heavy atom. The Morgan fingerprint density at radius 3 is 2.67 bits per heavy atom. The Hall–Kier alpha value is -2.34. The van der Waals surface area contributed by atoms with Crippen LogP contribution in [0.25, 0.3) is 10.8 Å². The first-order valence-electron chi connectivity index (χ1n) is 4.38. The van der Waals surface area contributed by atoms with Gasteiger partial charge in [-0.3, -0.25) is 0 Å². The topological polar surface area (TPSA) is 61.1 Å². The Bertz CT molecular complexity index is 582. The highest BCUT2D eigenvalue weighted by molar-refractivity contribution is 5.97. The van der Waals surface area contributed by atoms with E-state index in [-0.39, 0.29) is 5.56 Å². The monoisotopic (exact) mass is 197 g/mol. The van der Waals surface area contributed by atoms with Gasteiger partial charge in [0.05, 0.1) is 17.2 Å². The molecule has 15 heavy (non-hydrogen) atoms. The first-order valence-corrected chi connectivity index (χ1v) is 4.38. The van der Waals surface area contributed by atoms with Gasteiger partial charge in [0.1, 0.15) is 0 Å². The molecule has 0 saturated heterocycles. The molecule has 0 radical (unpaired) electrons. The number of hydrogen-bond donors (Lipinski definition) is 1. The van der Waals surface area contributed by atoms with E-state index in [9.17, 15) is 4.79 Å². The fourth-order valence-electron chi connectivity index (χ4n) is 1.53. The van der Waals surface area contributed by atoms with Crippen molar-refractivity contribution in [1.29, 1.82) is 5.26 Å². The summed E-state index contributed by atoms with van der Waals surface area (Å²) >= 11 is 0. The lowest BCUT2D eigenvalue weighted by Crippen LogP contribution is -1.97. The van der Waals surface area contributed by atoms with E-state index in [0.29, 0.717) is 5.56 Å². The van der Waals surface area contributed by atoms with Crippen molar-refractivity contribution in [2.24, 2.45) is 0 Å². The molecule has 1 N–H and O–H groups in total. The van der Waals surface area contributed by atoms with Gasteiger partial charge in [0.2, 0.25) is 0 Å². The summed E-state index contributed by atoms with van der Waals surface area (Å²) in [5.74, 6) is -1.02. The zero-order valence-electron chi connectivity index (χ0n) is 7.77. The first-order chi connectivity index (χ1) is 7.22. The Morgan fingerprint density at radius 1 is 1.27 bits per heavy atom. The number of benzene rings is 2. The normalized spacial score (nSPS) is 9.80. The molecule has 0 saturated carbocycles. The van der Waals surface area contributed by atoms with Crippen molar-refractivity contribution >= 4 is 16.7 Å². The van der Waals surface area contributed by atoms with Crippen molar-refractivity contribution in [1.82, 2.24) is 0 Å². The molecule has 0 bridgehead atoms. The number of nitriles is 1. The average molecular weight is 197 g/mol. The van der Waals surface area contributed by atoms with E-state index in [1.807, 2.05) is 18.2 Å². The zero-order valence-corrected chi connectivity index (χ0v) is 7.77. The van der Waals surface area contributed by atoms with Crippen molar-refractivity contribution < 1.29 is 9.90 Å². The Labute approximate surface area is 86.2 Å². The minimum Gasteiger partial charge on any atom is -0.478 e. The third kappa shape index (κ3) is 1.53. The second-order valence-corrected chi connectivity index (χ2v) is 3.16. The molecule has 0 aliphatic rings. The van der Waals surface area contributed by atoms with Gasteiger partial charge in [0.25, 0.3) is 0 Å². The molecule has 0 aliphatic carbocycles. The number of rotatable bonds is 1. The fraction of sp³-hybridized carbons (Fsp3) is 0. The zero-order chi connectivity index (χ0) is 10.8. The number of carboxylic acids is 1. The molecule has 0 amide bonds. The summed E-state index contributed by atoms with van der Waals surface area (Å²) in [5.41, 5.74) is 0.538. The van der Waals surface area contributed by atoms with E-state index >= 15 is 0 Å². The third-order valence-electron chi connectivity index (χ3n) is 2.23. The van der Waals surface area contributed by atoms with Crippen LogP contribution in [0.3, 0.4) is 0 Å². The molecule has 2 aromatic carbocycles. The third-order valence-corrected chi connectivity index (χ3v) is 2.23. The van der Waals surface area contributed by atoms with Crippen LogP contribution in [0.15, 0.2) is 36.4 Å². The van der Waals surface area contributed by atoms with E-state index in [1.165, 1.54) is 6.07 Å². The van der Waals surface area contributed by atoms with Gasteiger partial charge in [0.15, 0.2) is 0 Å². The summed E-state index contributed by atoms with van der Waals surface area (Å²) < 4.78 is 0. The lowest BCUT2D eigenvalue weighted by molar-refractivity contribution is 0.0697. The lowest BCUT2D eigenvalue weighted by atomic mass is 10.0. The summed E-state index contributed by atoms with van der Waals surface area (Å²) in [6.07, 6.45) is 0. The summed E-state index contributed by atoms with van der Waals surface area (Å²) in [4.78, 5) is 10.8. The Kier molecular flexibility index (Phi) is 2.11. The van der Waals surface area contributed by atoms with Crippen LogP contribution in [0.1, 0.15) is 15.9 Å². The number of nitrogens with zero attached hydrogens (tertiary/aromatic N) is 1.